The van der Waals surface area contributed by atoms with E-state index in [9.17, 15) is 14.4 Å². The van der Waals surface area contributed by atoms with Crippen molar-refractivity contribution in [1.29, 1.82) is 0 Å². The van der Waals surface area contributed by atoms with E-state index in [1.165, 1.54) is 12.5 Å². The summed E-state index contributed by atoms with van der Waals surface area (Å²) in [5.74, 6) is -1.19. The van der Waals surface area contributed by atoms with E-state index in [0.29, 0.717) is 22.0 Å². The van der Waals surface area contributed by atoms with Crippen LogP contribution in [0.25, 0.3) is 0 Å². The van der Waals surface area contributed by atoms with Crippen LogP contribution in [0.3, 0.4) is 0 Å². The zero-order valence-corrected chi connectivity index (χ0v) is 16.2. The van der Waals surface area contributed by atoms with Gasteiger partial charge in [0.1, 0.15) is 12.3 Å². The fourth-order valence-electron chi connectivity index (χ4n) is 2.51. The van der Waals surface area contributed by atoms with E-state index in [2.05, 4.69) is 16.0 Å². The molecule has 1 atom stereocenters. The van der Waals surface area contributed by atoms with Gasteiger partial charge in [-0.2, -0.15) is 0 Å². The zero-order chi connectivity index (χ0) is 20.8. The molecule has 1 aromatic heterocycles. The van der Waals surface area contributed by atoms with E-state index in [4.69, 9.17) is 16.0 Å². The third-order valence-electron chi connectivity index (χ3n) is 4.03. The Kier molecular flexibility index (Phi) is 6.31. The van der Waals surface area contributed by atoms with Crippen LogP contribution in [0.1, 0.15) is 27.6 Å². The Hall–Kier alpha value is -3.58. The monoisotopic (exact) mass is 411 g/mol. The topological polar surface area (TPSA) is 100 Å². The Bertz CT molecular complexity index is 1030. The molecule has 0 saturated heterocycles. The van der Waals surface area contributed by atoms with Crippen LogP contribution in [0.5, 0.6) is 0 Å². The molecule has 3 amide bonds. The van der Waals surface area contributed by atoms with Crippen molar-refractivity contribution in [2.45, 2.75) is 13.0 Å². The molecular formula is C21H18ClN3O4. The molecule has 3 N–H and O–H groups in total. The summed E-state index contributed by atoms with van der Waals surface area (Å²) >= 11 is 6.01. The lowest BCUT2D eigenvalue weighted by Gasteiger charge is -2.15. The van der Waals surface area contributed by atoms with Crippen molar-refractivity contribution < 1.29 is 18.8 Å². The van der Waals surface area contributed by atoms with Crippen LogP contribution in [-0.2, 0) is 4.79 Å². The van der Waals surface area contributed by atoms with E-state index in [1.807, 2.05) is 0 Å². The van der Waals surface area contributed by atoms with Gasteiger partial charge in [0, 0.05) is 11.4 Å². The SMILES string of the molecule is CC(NC(=O)c1ccccc1Cl)C(=O)Nc1cccc(NC(=O)c2ccoc2)c1. The van der Waals surface area contributed by atoms with Gasteiger partial charge in [-0.1, -0.05) is 29.8 Å². The number of hydrogen-bond donors (Lipinski definition) is 3. The van der Waals surface area contributed by atoms with Crippen molar-refractivity contribution in [3.63, 3.8) is 0 Å². The van der Waals surface area contributed by atoms with Gasteiger partial charge in [0.05, 0.1) is 22.4 Å². The molecule has 0 saturated carbocycles. The first-order valence-electron chi connectivity index (χ1n) is 8.74. The van der Waals surface area contributed by atoms with E-state index < -0.39 is 17.9 Å². The third kappa shape index (κ3) is 5.24. The molecular weight excluding hydrogens is 394 g/mol. The molecule has 148 valence electrons. The smallest absolute Gasteiger partial charge is 0.258 e. The fraction of sp³-hybridized carbons (Fsp3) is 0.0952. The third-order valence-corrected chi connectivity index (χ3v) is 4.36. The largest absolute Gasteiger partial charge is 0.472 e. The number of amides is 3. The first-order valence-corrected chi connectivity index (χ1v) is 9.11. The van der Waals surface area contributed by atoms with Crippen molar-refractivity contribution in [1.82, 2.24) is 5.32 Å². The van der Waals surface area contributed by atoms with Gasteiger partial charge >= 0.3 is 0 Å². The van der Waals surface area contributed by atoms with Gasteiger partial charge in [0.15, 0.2) is 0 Å². The summed E-state index contributed by atoms with van der Waals surface area (Å²) in [5.41, 5.74) is 1.65. The molecule has 0 fully saturated rings. The number of nitrogens with one attached hydrogen (secondary N) is 3. The van der Waals surface area contributed by atoms with Gasteiger partial charge in [-0.3, -0.25) is 14.4 Å². The molecule has 0 aliphatic heterocycles. The van der Waals surface area contributed by atoms with Gasteiger partial charge in [-0.05, 0) is 43.3 Å². The van der Waals surface area contributed by atoms with E-state index in [1.54, 1.807) is 61.5 Å². The molecule has 8 heteroatoms. The average molecular weight is 412 g/mol. The predicted octanol–water partition coefficient (Wildman–Crippen LogP) is 3.94. The van der Waals surface area contributed by atoms with Gasteiger partial charge in [-0.15, -0.1) is 0 Å². The second kappa shape index (κ2) is 9.07. The maximum Gasteiger partial charge on any atom is 0.258 e. The minimum atomic E-state index is -0.803. The van der Waals surface area contributed by atoms with Crippen LogP contribution in [0.4, 0.5) is 11.4 Å². The highest BCUT2D eigenvalue weighted by atomic mass is 35.5. The standard InChI is InChI=1S/C21H18ClN3O4/c1-13(23-21(28)17-7-2-3-8-18(17)22)19(26)24-15-5-4-6-16(11-15)25-20(27)14-9-10-29-12-14/h2-13H,1H3,(H,23,28)(H,24,26)(H,25,27). The number of carbonyl (C=O) groups is 3. The fourth-order valence-corrected chi connectivity index (χ4v) is 2.73. The van der Waals surface area contributed by atoms with Crippen molar-refractivity contribution in [2.24, 2.45) is 0 Å². The minimum absolute atomic E-state index is 0.290. The van der Waals surface area contributed by atoms with Crippen LogP contribution in [0, 0.1) is 0 Å². The molecule has 0 spiro atoms. The Balaban J connectivity index is 1.60. The first-order chi connectivity index (χ1) is 13.9. The summed E-state index contributed by atoms with van der Waals surface area (Å²) in [5, 5.41) is 8.33. The van der Waals surface area contributed by atoms with E-state index >= 15 is 0 Å². The second-order valence-corrected chi connectivity index (χ2v) is 6.62. The van der Waals surface area contributed by atoms with Crippen molar-refractivity contribution in [3.8, 4) is 0 Å². The molecule has 3 aromatic rings. The van der Waals surface area contributed by atoms with E-state index in [0.717, 1.165) is 0 Å². The van der Waals surface area contributed by atoms with Crippen LogP contribution < -0.4 is 16.0 Å². The molecule has 0 aliphatic rings. The second-order valence-electron chi connectivity index (χ2n) is 6.21. The van der Waals surface area contributed by atoms with E-state index in [-0.39, 0.29) is 11.5 Å². The lowest BCUT2D eigenvalue weighted by molar-refractivity contribution is -0.117. The number of rotatable bonds is 6. The predicted molar refractivity (Wildman–Crippen MR) is 110 cm³/mol. The number of furan rings is 1. The highest BCUT2D eigenvalue weighted by Gasteiger charge is 2.18. The summed E-state index contributed by atoms with van der Waals surface area (Å²) in [7, 11) is 0. The quantitative estimate of drug-likeness (QED) is 0.571. The van der Waals surface area contributed by atoms with Crippen LogP contribution in [0.15, 0.2) is 71.5 Å². The number of anilines is 2. The molecule has 1 unspecified atom stereocenters. The lowest BCUT2D eigenvalue weighted by atomic mass is 10.2. The highest BCUT2D eigenvalue weighted by molar-refractivity contribution is 6.33. The Labute approximate surface area is 172 Å². The van der Waals surface area contributed by atoms with Crippen LogP contribution >= 0.6 is 11.6 Å². The van der Waals surface area contributed by atoms with Crippen molar-refractivity contribution >= 4 is 40.7 Å². The first kappa shape index (κ1) is 20.2. The summed E-state index contributed by atoms with van der Waals surface area (Å²) in [4.78, 5) is 36.8. The number of halogens is 1. The van der Waals surface area contributed by atoms with Gasteiger partial charge < -0.3 is 20.4 Å². The number of hydrogen-bond acceptors (Lipinski definition) is 4. The van der Waals surface area contributed by atoms with Crippen LogP contribution in [-0.4, -0.2) is 23.8 Å². The molecule has 0 radical (unpaired) electrons. The minimum Gasteiger partial charge on any atom is -0.472 e. The molecule has 2 aromatic carbocycles. The van der Waals surface area contributed by atoms with Gasteiger partial charge in [-0.25, -0.2) is 0 Å². The Morgan fingerprint density at radius 2 is 1.66 bits per heavy atom. The molecule has 0 aliphatic carbocycles. The molecule has 3 rings (SSSR count). The van der Waals surface area contributed by atoms with Crippen molar-refractivity contribution in [3.05, 3.63) is 83.3 Å². The van der Waals surface area contributed by atoms with Crippen LogP contribution in [0.2, 0.25) is 5.02 Å². The summed E-state index contributed by atoms with van der Waals surface area (Å²) < 4.78 is 4.89. The number of carbonyl (C=O) groups excluding carboxylic acids is 3. The average Bonchev–Trinajstić information content (AvgIpc) is 3.23. The summed E-state index contributed by atoms with van der Waals surface area (Å²) in [6, 6.07) is 14.0. The zero-order valence-electron chi connectivity index (χ0n) is 15.4. The molecule has 7 nitrogen and oxygen atoms in total. The maximum atomic E-state index is 12.4. The molecule has 29 heavy (non-hydrogen) atoms. The Morgan fingerprint density at radius 1 is 0.931 bits per heavy atom. The molecule has 1 heterocycles. The summed E-state index contributed by atoms with van der Waals surface area (Å²) in [6.07, 6.45) is 2.74. The van der Waals surface area contributed by atoms with Gasteiger partial charge in [0.25, 0.3) is 11.8 Å². The molecule has 0 bridgehead atoms. The summed E-state index contributed by atoms with van der Waals surface area (Å²) in [6.45, 7) is 1.56. The number of benzene rings is 2. The lowest BCUT2D eigenvalue weighted by Crippen LogP contribution is -2.41. The highest BCUT2D eigenvalue weighted by Crippen LogP contribution is 2.17. The van der Waals surface area contributed by atoms with Gasteiger partial charge in [0.2, 0.25) is 5.91 Å². The maximum absolute atomic E-state index is 12.4. The Morgan fingerprint density at radius 3 is 2.34 bits per heavy atom. The van der Waals surface area contributed by atoms with Crippen molar-refractivity contribution in [2.75, 3.05) is 10.6 Å². The normalized spacial score (nSPS) is 11.4.